The van der Waals surface area contributed by atoms with Crippen LogP contribution in [0.3, 0.4) is 0 Å². The number of ketones is 1. The predicted molar refractivity (Wildman–Crippen MR) is 116 cm³/mol. The molecule has 158 valence electrons. The Kier molecular flexibility index (Phi) is 7.47. The summed E-state index contributed by atoms with van der Waals surface area (Å²) in [5, 5.41) is 1.31. The number of hydrogen-bond acceptors (Lipinski definition) is 6. The standard InChI is InChI=1S/C21H20ClFN2O4S/c1-28-9-3-8-25-20(27)15-6-5-14(22)11-17(15)24-21(25)30-12-18(26)13-4-7-19(29-2)16(23)10-13/h4-7,10-11H,3,8-9,12H2,1-2H3. The van der Waals surface area contributed by atoms with Crippen molar-refractivity contribution < 1.29 is 18.7 Å². The van der Waals surface area contributed by atoms with Crippen molar-refractivity contribution in [2.24, 2.45) is 0 Å². The van der Waals surface area contributed by atoms with Gasteiger partial charge in [-0.15, -0.1) is 0 Å². The van der Waals surface area contributed by atoms with E-state index >= 15 is 0 Å². The molecule has 0 bridgehead atoms. The van der Waals surface area contributed by atoms with Crippen LogP contribution in [0.1, 0.15) is 16.8 Å². The highest BCUT2D eigenvalue weighted by atomic mass is 35.5. The minimum absolute atomic E-state index is 0.00540. The van der Waals surface area contributed by atoms with Crippen LogP contribution in [0.25, 0.3) is 10.9 Å². The molecule has 0 unspecified atom stereocenters. The van der Waals surface area contributed by atoms with Crippen LogP contribution >= 0.6 is 23.4 Å². The molecule has 30 heavy (non-hydrogen) atoms. The number of benzene rings is 2. The molecule has 0 aliphatic rings. The number of Topliss-reactive ketones (excluding diaryl/α,β-unsaturated/α-hetero) is 1. The van der Waals surface area contributed by atoms with Gasteiger partial charge in [-0.05, 0) is 42.8 Å². The average molecular weight is 451 g/mol. The Bertz CT molecular complexity index is 1140. The van der Waals surface area contributed by atoms with E-state index in [0.717, 1.165) is 17.8 Å². The number of ether oxygens (including phenoxy) is 2. The molecule has 0 saturated heterocycles. The highest BCUT2D eigenvalue weighted by molar-refractivity contribution is 7.99. The molecule has 2 aromatic carbocycles. The van der Waals surface area contributed by atoms with Crippen LogP contribution in [0.5, 0.6) is 5.75 Å². The van der Waals surface area contributed by atoms with Crippen molar-refractivity contribution in [3.63, 3.8) is 0 Å². The Morgan fingerprint density at radius 1 is 1.23 bits per heavy atom. The number of fused-ring (bicyclic) bond motifs is 1. The number of aromatic nitrogens is 2. The van der Waals surface area contributed by atoms with Gasteiger partial charge in [0.25, 0.3) is 5.56 Å². The molecule has 1 heterocycles. The lowest BCUT2D eigenvalue weighted by molar-refractivity contribution is 0.102. The maximum absolute atomic E-state index is 13.9. The van der Waals surface area contributed by atoms with Crippen molar-refractivity contribution in [1.29, 1.82) is 0 Å². The van der Waals surface area contributed by atoms with Gasteiger partial charge in [0.1, 0.15) is 0 Å². The van der Waals surface area contributed by atoms with Crippen molar-refractivity contribution in [2.75, 3.05) is 26.6 Å². The molecule has 0 amide bonds. The van der Waals surface area contributed by atoms with Crippen LogP contribution in [0.15, 0.2) is 46.3 Å². The molecule has 3 rings (SSSR count). The monoisotopic (exact) mass is 450 g/mol. The van der Waals surface area contributed by atoms with Crippen LogP contribution in [-0.2, 0) is 11.3 Å². The summed E-state index contributed by atoms with van der Waals surface area (Å²) in [7, 11) is 2.95. The van der Waals surface area contributed by atoms with E-state index in [1.54, 1.807) is 25.3 Å². The number of halogens is 2. The van der Waals surface area contributed by atoms with Crippen LogP contribution in [0, 0.1) is 5.82 Å². The summed E-state index contributed by atoms with van der Waals surface area (Å²) in [6, 6.07) is 8.94. The number of carbonyl (C=O) groups is 1. The van der Waals surface area contributed by atoms with Gasteiger partial charge in [-0.25, -0.2) is 9.37 Å². The molecule has 0 aliphatic heterocycles. The van der Waals surface area contributed by atoms with Crippen LogP contribution in [0.4, 0.5) is 4.39 Å². The summed E-state index contributed by atoms with van der Waals surface area (Å²) < 4.78 is 25.4. The van der Waals surface area contributed by atoms with E-state index in [0.29, 0.717) is 40.7 Å². The molecule has 9 heteroatoms. The second-order valence-corrected chi connectivity index (χ2v) is 7.80. The summed E-state index contributed by atoms with van der Waals surface area (Å²) in [5.41, 5.74) is 0.469. The number of rotatable bonds is 9. The molecule has 0 aliphatic carbocycles. The third kappa shape index (κ3) is 5.00. The van der Waals surface area contributed by atoms with Gasteiger partial charge >= 0.3 is 0 Å². The highest BCUT2D eigenvalue weighted by Crippen LogP contribution is 2.23. The predicted octanol–water partition coefficient (Wildman–Crippen LogP) is 4.21. The van der Waals surface area contributed by atoms with E-state index in [-0.39, 0.29) is 28.4 Å². The smallest absolute Gasteiger partial charge is 0.262 e. The molecule has 6 nitrogen and oxygen atoms in total. The molecule has 1 aromatic heterocycles. The summed E-state index contributed by atoms with van der Waals surface area (Å²) in [5.74, 6) is -0.831. The lowest BCUT2D eigenvalue weighted by Gasteiger charge is -2.13. The Hall–Kier alpha value is -2.42. The lowest BCUT2D eigenvalue weighted by atomic mass is 10.1. The molecule has 0 atom stereocenters. The normalized spacial score (nSPS) is 11.1. The van der Waals surface area contributed by atoms with Crippen molar-refractivity contribution in [1.82, 2.24) is 9.55 Å². The van der Waals surface area contributed by atoms with Crippen LogP contribution < -0.4 is 10.3 Å². The fraction of sp³-hybridized carbons (Fsp3) is 0.286. The lowest BCUT2D eigenvalue weighted by Crippen LogP contribution is -2.24. The SMILES string of the molecule is COCCCn1c(SCC(=O)c2ccc(OC)c(F)c2)nc2cc(Cl)ccc2c1=O. The zero-order chi connectivity index (χ0) is 21.7. The van der Waals surface area contributed by atoms with E-state index in [4.69, 9.17) is 21.1 Å². The topological polar surface area (TPSA) is 70.4 Å². The van der Waals surface area contributed by atoms with Crippen molar-refractivity contribution >= 4 is 40.0 Å². The van der Waals surface area contributed by atoms with E-state index in [1.807, 2.05) is 0 Å². The number of nitrogens with zero attached hydrogens (tertiary/aromatic N) is 2. The van der Waals surface area contributed by atoms with E-state index in [9.17, 15) is 14.0 Å². The highest BCUT2D eigenvalue weighted by Gasteiger charge is 2.16. The van der Waals surface area contributed by atoms with Gasteiger partial charge in [-0.3, -0.25) is 14.2 Å². The first-order valence-electron chi connectivity index (χ1n) is 9.13. The second-order valence-electron chi connectivity index (χ2n) is 6.42. The number of methoxy groups -OCH3 is 2. The molecule has 0 fully saturated rings. The first-order chi connectivity index (χ1) is 14.4. The number of thioether (sulfide) groups is 1. The quantitative estimate of drug-likeness (QED) is 0.210. The van der Waals surface area contributed by atoms with E-state index in [1.165, 1.54) is 23.8 Å². The van der Waals surface area contributed by atoms with Gasteiger partial charge in [-0.2, -0.15) is 0 Å². The third-order valence-corrected chi connectivity index (χ3v) is 5.63. The first-order valence-corrected chi connectivity index (χ1v) is 10.5. The van der Waals surface area contributed by atoms with E-state index in [2.05, 4.69) is 4.98 Å². The van der Waals surface area contributed by atoms with Gasteiger partial charge in [0.2, 0.25) is 0 Å². The minimum atomic E-state index is -0.608. The maximum Gasteiger partial charge on any atom is 0.262 e. The molecule has 0 spiro atoms. The number of hydrogen-bond donors (Lipinski definition) is 0. The summed E-state index contributed by atoms with van der Waals surface area (Å²) in [6.45, 7) is 0.880. The maximum atomic E-state index is 13.9. The van der Waals surface area contributed by atoms with Gasteiger partial charge in [-0.1, -0.05) is 23.4 Å². The molecule has 0 saturated carbocycles. The van der Waals surface area contributed by atoms with Crippen molar-refractivity contribution in [3.05, 3.63) is 63.2 Å². The second kappa shape index (κ2) is 10.1. The Morgan fingerprint density at radius 3 is 2.73 bits per heavy atom. The Labute approximate surface area is 182 Å². The van der Waals surface area contributed by atoms with Crippen molar-refractivity contribution in [2.45, 2.75) is 18.1 Å². The largest absolute Gasteiger partial charge is 0.494 e. The molecular formula is C21H20ClFN2O4S. The van der Waals surface area contributed by atoms with Gasteiger partial charge in [0, 0.05) is 30.8 Å². The molecule has 0 radical (unpaired) electrons. The average Bonchev–Trinajstić information content (AvgIpc) is 2.73. The Balaban J connectivity index is 1.89. The molecule has 0 N–H and O–H groups in total. The summed E-state index contributed by atoms with van der Waals surface area (Å²) in [6.07, 6.45) is 0.613. The Morgan fingerprint density at radius 2 is 2.03 bits per heavy atom. The summed E-state index contributed by atoms with van der Waals surface area (Å²) in [4.78, 5) is 30.1. The molecule has 3 aromatic rings. The molecular weight excluding hydrogens is 431 g/mol. The third-order valence-electron chi connectivity index (χ3n) is 4.42. The first kappa shape index (κ1) is 22.3. The van der Waals surface area contributed by atoms with Crippen LogP contribution in [-0.4, -0.2) is 41.9 Å². The van der Waals surface area contributed by atoms with Crippen LogP contribution in [0.2, 0.25) is 5.02 Å². The van der Waals surface area contributed by atoms with Gasteiger partial charge < -0.3 is 9.47 Å². The van der Waals surface area contributed by atoms with Gasteiger partial charge in [0.05, 0.1) is 23.8 Å². The van der Waals surface area contributed by atoms with Gasteiger partial charge in [0.15, 0.2) is 22.5 Å². The number of carbonyl (C=O) groups excluding carboxylic acids is 1. The van der Waals surface area contributed by atoms with E-state index < -0.39 is 5.82 Å². The fourth-order valence-corrected chi connectivity index (χ4v) is 3.99. The zero-order valence-corrected chi connectivity index (χ0v) is 18.1. The minimum Gasteiger partial charge on any atom is -0.494 e. The summed E-state index contributed by atoms with van der Waals surface area (Å²) >= 11 is 7.16. The fourth-order valence-electron chi connectivity index (χ4n) is 2.90. The van der Waals surface area contributed by atoms with Crippen molar-refractivity contribution in [3.8, 4) is 5.75 Å². The zero-order valence-electron chi connectivity index (χ0n) is 16.5.